The number of benzene rings is 2. The van der Waals surface area contributed by atoms with Gasteiger partial charge in [0.25, 0.3) is 0 Å². The van der Waals surface area contributed by atoms with Crippen LogP contribution >= 0.6 is 12.2 Å². The molecule has 6 heteroatoms. The molecule has 144 valence electrons. The van der Waals surface area contributed by atoms with Crippen molar-refractivity contribution in [1.29, 1.82) is 0 Å². The zero-order chi connectivity index (χ0) is 19.9. The summed E-state index contributed by atoms with van der Waals surface area (Å²) in [7, 11) is 0. The SMILES string of the molecule is CC(C)c1ccc(NC(=S)N/N=C/c2cccn2Cc2ccccc2F)cc1. The Kier molecular flexibility index (Phi) is 6.55. The first kappa shape index (κ1) is 19.8. The number of nitrogens with one attached hydrogen (secondary N) is 2. The molecule has 1 heterocycles. The van der Waals surface area contributed by atoms with Gasteiger partial charge in [-0.15, -0.1) is 0 Å². The molecule has 0 atom stereocenters. The van der Waals surface area contributed by atoms with Gasteiger partial charge in [-0.1, -0.05) is 44.2 Å². The van der Waals surface area contributed by atoms with Crippen molar-refractivity contribution >= 4 is 29.2 Å². The normalized spacial score (nSPS) is 11.1. The van der Waals surface area contributed by atoms with Gasteiger partial charge in [0.1, 0.15) is 5.82 Å². The van der Waals surface area contributed by atoms with E-state index in [-0.39, 0.29) is 5.82 Å². The van der Waals surface area contributed by atoms with Crippen LogP contribution in [0.3, 0.4) is 0 Å². The van der Waals surface area contributed by atoms with Crippen LogP contribution in [0.15, 0.2) is 72.0 Å². The number of aromatic nitrogens is 1. The summed E-state index contributed by atoms with van der Waals surface area (Å²) in [6, 6.07) is 18.7. The third-order valence-electron chi connectivity index (χ3n) is 4.36. The van der Waals surface area contributed by atoms with Gasteiger partial charge >= 0.3 is 0 Å². The number of nitrogens with zero attached hydrogens (tertiary/aromatic N) is 2. The second kappa shape index (κ2) is 9.28. The second-order valence-electron chi connectivity index (χ2n) is 6.75. The van der Waals surface area contributed by atoms with Gasteiger partial charge in [0.2, 0.25) is 0 Å². The molecule has 4 nitrogen and oxygen atoms in total. The Morgan fingerprint density at radius 3 is 2.57 bits per heavy atom. The molecule has 2 N–H and O–H groups in total. The standard InChI is InChI=1S/C22H23FN4S/c1-16(2)17-9-11-19(12-10-17)25-22(28)26-24-14-20-7-5-13-27(20)15-18-6-3-4-8-21(18)23/h3-14,16H,15H2,1-2H3,(H2,25,26,28)/b24-14+. The van der Waals surface area contributed by atoms with Crippen LogP contribution in [0.25, 0.3) is 0 Å². The maximum absolute atomic E-state index is 13.9. The Morgan fingerprint density at radius 2 is 1.86 bits per heavy atom. The predicted molar refractivity (Wildman–Crippen MR) is 117 cm³/mol. The molecule has 0 fully saturated rings. The van der Waals surface area contributed by atoms with E-state index in [1.165, 1.54) is 11.6 Å². The first-order chi connectivity index (χ1) is 13.5. The number of rotatable bonds is 6. The Balaban J connectivity index is 1.57. The largest absolute Gasteiger partial charge is 0.342 e. The van der Waals surface area contributed by atoms with Gasteiger partial charge in [0.05, 0.1) is 18.5 Å². The van der Waals surface area contributed by atoms with Gasteiger partial charge < -0.3 is 9.88 Å². The zero-order valence-corrected chi connectivity index (χ0v) is 16.7. The maximum atomic E-state index is 13.9. The van der Waals surface area contributed by atoms with Crippen molar-refractivity contribution in [3.05, 3.63) is 89.5 Å². The Labute approximate surface area is 170 Å². The summed E-state index contributed by atoms with van der Waals surface area (Å²) in [5.74, 6) is 0.274. The van der Waals surface area contributed by atoms with E-state index in [4.69, 9.17) is 12.2 Å². The Bertz CT molecular complexity index is 961. The van der Waals surface area contributed by atoms with Crippen LogP contribution in [0.5, 0.6) is 0 Å². The Hall–Kier alpha value is -2.99. The van der Waals surface area contributed by atoms with Gasteiger partial charge in [-0.3, -0.25) is 5.43 Å². The minimum atomic E-state index is -0.217. The zero-order valence-electron chi connectivity index (χ0n) is 15.9. The van der Waals surface area contributed by atoms with Crippen molar-refractivity contribution in [1.82, 2.24) is 9.99 Å². The van der Waals surface area contributed by atoms with Crippen molar-refractivity contribution in [2.45, 2.75) is 26.3 Å². The van der Waals surface area contributed by atoms with Crippen LogP contribution in [0, 0.1) is 5.82 Å². The molecule has 0 spiro atoms. The maximum Gasteiger partial charge on any atom is 0.191 e. The monoisotopic (exact) mass is 394 g/mol. The molecule has 0 saturated carbocycles. The second-order valence-corrected chi connectivity index (χ2v) is 7.16. The highest BCUT2D eigenvalue weighted by Crippen LogP contribution is 2.17. The van der Waals surface area contributed by atoms with Gasteiger partial charge in [0.15, 0.2) is 5.11 Å². The van der Waals surface area contributed by atoms with Crippen LogP contribution in [0.1, 0.15) is 36.6 Å². The highest BCUT2D eigenvalue weighted by Gasteiger charge is 2.04. The summed E-state index contributed by atoms with van der Waals surface area (Å²) < 4.78 is 15.8. The molecule has 28 heavy (non-hydrogen) atoms. The van der Waals surface area contributed by atoms with Crippen LogP contribution in [0.2, 0.25) is 0 Å². The fourth-order valence-corrected chi connectivity index (χ4v) is 2.94. The first-order valence-corrected chi connectivity index (χ1v) is 9.52. The van der Waals surface area contributed by atoms with Crippen molar-refractivity contribution in [2.75, 3.05) is 5.32 Å². The summed E-state index contributed by atoms with van der Waals surface area (Å²) in [5.41, 5.74) is 6.47. The highest BCUT2D eigenvalue weighted by molar-refractivity contribution is 7.80. The molecule has 0 aliphatic heterocycles. The van der Waals surface area contributed by atoms with E-state index in [1.807, 2.05) is 41.1 Å². The van der Waals surface area contributed by atoms with E-state index in [0.29, 0.717) is 23.1 Å². The fourth-order valence-electron chi connectivity index (χ4n) is 2.77. The number of hydrogen-bond donors (Lipinski definition) is 2. The average Bonchev–Trinajstić information content (AvgIpc) is 3.11. The lowest BCUT2D eigenvalue weighted by Gasteiger charge is -2.10. The van der Waals surface area contributed by atoms with E-state index in [9.17, 15) is 4.39 Å². The van der Waals surface area contributed by atoms with E-state index in [2.05, 4.69) is 41.8 Å². The predicted octanol–water partition coefficient (Wildman–Crippen LogP) is 5.12. The third-order valence-corrected chi connectivity index (χ3v) is 4.55. The summed E-state index contributed by atoms with van der Waals surface area (Å²) in [5, 5.41) is 7.69. The smallest absolute Gasteiger partial charge is 0.191 e. The van der Waals surface area contributed by atoms with Crippen LogP contribution in [-0.4, -0.2) is 15.9 Å². The molecular formula is C22H23FN4S. The molecule has 2 aromatic carbocycles. The van der Waals surface area contributed by atoms with E-state index in [0.717, 1.165) is 11.4 Å². The van der Waals surface area contributed by atoms with Crippen LogP contribution in [0.4, 0.5) is 10.1 Å². The van der Waals surface area contributed by atoms with Gasteiger partial charge in [-0.05, 0) is 54.0 Å². The quantitative estimate of drug-likeness (QED) is 0.346. The Morgan fingerprint density at radius 1 is 1.11 bits per heavy atom. The van der Waals surface area contributed by atoms with E-state index < -0.39 is 0 Å². The minimum absolute atomic E-state index is 0.217. The lowest BCUT2D eigenvalue weighted by atomic mass is 10.0. The number of hydrogen-bond acceptors (Lipinski definition) is 2. The van der Waals surface area contributed by atoms with Crippen molar-refractivity contribution in [2.24, 2.45) is 5.10 Å². The minimum Gasteiger partial charge on any atom is -0.342 e. The van der Waals surface area contributed by atoms with Crippen molar-refractivity contribution < 1.29 is 4.39 Å². The van der Waals surface area contributed by atoms with Gasteiger partial charge in [-0.2, -0.15) is 5.10 Å². The molecule has 0 unspecified atom stereocenters. The fraction of sp³-hybridized carbons (Fsp3) is 0.182. The molecule has 0 radical (unpaired) electrons. The summed E-state index contributed by atoms with van der Waals surface area (Å²) in [6.07, 6.45) is 3.55. The number of halogens is 1. The molecule has 3 rings (SSSR count). The summed E-state index contributed by atoms with van der Waals surface area (Å²) >= 11 is 5.28. The molecule has 1 aromatic heterocycles. The molecule has 0 amide bonds. The van der Waals surface area contributed by atoms with Crippen molar-refractivity contribution in [3.8, 4) is 0 Å². The molecule has 0 aliphatic carbocycles. The van der Waals surface area contributed by atoms with E-state index >= 15 is 0 Å². The number of hydrazone groups is 1. The number of thiocarbonyl (C=S) groups is 1. The van der Waals surface area contributed by atoms with E-state index in [1.54, 1.807) is 18.3 Å². The average molecular weight is 395 g/mol. The summed E-state index contributed by atoms with van der Waals surface area (Å²) in [6.45, 7) is 4.75. The van der Waals surface area contributed by atoms with Gasteiger partial charge in [-0.25, -0.2) is 4.39 Å². The molecular weight excluding hydrogens is 371 g/mol. The topological polar surface area (TPSA) is 41.4 Å². The molecule has 0 aliphatic rings. The molecule has 0 saturated heterocycles. The summed E-state index contributed by atoms with van der Waals surface area (Å²) in [4.78, 5) is 0. The van der Waals surface area contributed by atoms with Gasteiger partial charge in [0, 0.05) is 17.4 Å². The molecule has 3 aromatic rings. The lowest BCUT2D eigenvalue weighted by Crippen LogP contribution is -2.24. The first-order valence-electron chi connectivity index (χ1n) is 9.11. The van der Waals surface area contributed by atoms with Crippen molar-refractivity contribution in [3.63, 3.8) is 0 Å². The van der Waals surface area contributed by atoms with Crippen LogP contribution in [-0.2, 0) is 6.54 Å². The lowest BCUT2D eigenvalue weighted by molar-refractivity contribution is 0.599. The molecule has 0 bridgehead atoms. The van der Waals surface area contributed by atoms with Crippen LogP contribution < -0.4 is 10.7 Å². The number of anilines is 1. The highest BCUT2D eigenvalue weighted by atomic mass is 32.1. The third kappa shape index (κ3) is 5.27.